The molecule has 0 fully saturated rings. The van der Waals surface area contributed by atoms with Crippen molar-refractivity contribution >= 4 is 28.9 Å². The van der Waals surface area contributed by atoms with E-state index in [9.17, 15) is 9.59 Å². The highest BCUT2D eigenvalue weighted by Gasteiger charge is 2.33. The molecule has 26 heavy (non-hydrogen) atoms. The van der Waals surface area contributed by atoms with Gasteiger partial charge in [0.05, 0.1) is 11.4 Å². The molecule has 0 spiro atoms. The van der Waals surface area contributed by atoms with E-state index >= 15 is 0 Å². The van der Waals surface area contributed by atoms with Crippen molar-refractivity contribution < 1.29 is 9.59 Å². The van der Waals surface area contributed by atoms with Gasteiger partial charge in [-0.05, 0) is 50.5 Å². The fraction of sp³-hybridized carbons (Fsp3) is 0.333. The maximum Gasteiger partial charge on any atom is 0.249 e. The van der Waals surface area contributed by atoms with Crippen LogP contribution in [0.3, 0.4) is 0 Å². The average molecular weight is 349 g/mol. The summed E-state index contributed by atoms with van der Waals surface area (Å²) in [6.07, 6.45) is 2.08. The van der Waals surface area contributed by atoms with Gasteiger partial charge in [0.25, 0.3) is 0 Å². The number of benzene rings is 2. The molecule has 2 amide bonds. The summed E-state index contributed by atoms with van der Waals surface area (Å²) in [5.41, 5.74) is 5.14. The van der Waals surface area contributed by atoms with Crippen molar-refractivity contribution in [2.45, 2.75) is 32.7 Å². The number of aryl methyl sites for hydroxylation is 2. The highest BCUT2D eigenvalue weighted by molar-refractivity contribution is 6.11. The zero-order chi connectivity index (χ0) is 18.3. The van der Waals surface area contributed by atoms with Crippen molar-refractivity contribution in [1.82, 2.24) is 0 Å². The lowest BCUT2D eigenvalue weighted by molar-refractivity contribution is -0.122. The molecule has 2 aromatic rings. The maximum atomic E-state index is 13.3. The Morgan fingerprint density at radius 3 is 2.81 bits per heavy atom. The number of hydrogen-bond donors (Lipinski definition) is 1. The van der Waals surface area contributed by atoms with Crippen LogP contribution in [0.5, 0.6) is 0 Å². The fourth-order valence-corrected chi connectivity index (χ4v) is 3.95. The zero-order valence-electron chi connectivity index (χ0n) is 15.2. The van der Waals surface area contributed by atoms with E-state index in [1.807, 2.05) is 31.2 Å². The Morgan fingerprint density at radius 2 is 1.96 bits per heavy atom. The molecule has 0 saturated carbocycles. The number of rotatable bonds is 2. The number of hydrogen-bond acceptors (Lipinski definition) is 3. The first kappa shape index (κ1) is 16.6. The van der Waals surface area contributed by atoms with Gasteiger partial charge in [0, 0.05) is 12.2 Å². The molecule has 2 heterocycles. The summed E-state index contributed by atoms with van der Waals surface area (Å²) < 4.78 is 0. The summed E-state index contributed by atoms with van der Waals surface area (Å²) in [7, 11) is 0. The highest BCUT2D eigenvalue weighted by atomic mass is 16.2. The van der Waals surface area contributed by atoms with Crippen molar-refractivity contribution in [2.24, 2.45) is 0 Å². The standard InChI is InChI=1S/C21H23N3O2/c1-14-9-10-18-16(12-14)6-5-11-23(18)15(2)21(26)24-13-20(25)22-17-7-3-4-8-19(17)24/h3-4,7-10,12,15H,5-6,11,13H2,1-2H3,(H,22,25)/t15-/m1/s1. The van der Waals surface area contributed by atoms with Gasteiger partial charge in [0.1, 0.15) is 12.6 Å². The van der Waals surface area contributed by atoms with Gasteiger partial charge in [0.2, 0.25) is 11.8 Å². The largest absolute Gasteiger partial charge is 0.360 e. The van der Waals surface area contributed by atoms with E-state index in [1.54, 1.807) is 4.90 Å². The van der Waals surface area contributed by atoms with Gasteiger partial charge in [-0.15, -0.1) is 0 Å². The number of amides is 2. The van der Waals surface area contributed by atoms with Crippen LogP contribution in [-0.4, -0.2) is 30.9 Å². The number of para-hydroxylation sites is 2. The van der Waals surface area contributed by atoms with Crippen molar-refractivity contribution in [1.29, 1.82) is 0 Å². The maximum absolute atomic E-state index is 13.3. The fourth-order valence-electron chi connectivity index (χ4n) is 3.95. The number of nitrogens with one attached hydrogen (secondary N) is 1. The summed E-state index contributed by atoms with van der Waals surface area (Å²) in [4.78, 5) is 29.1. The smallest absolute Gasteiger partial charge is 0.249 e. The van der Waals surface area contributed by atoms with Crippen molar-refractivity contribution in [3.63, 3.8) is 0 Å². The summed E-state index contributed by atoms with van der Waals surface area (Å²) >= 11 is 0. The second-order valence-corrected chi connectivity index (χ2v) is 7.09. The van der Waals surface area contributed by atoms with Gasteiger partial charge in [0.15, 0.2) is 0 Å². The molecule has 0 saturated heterocycles. The lowest BCUT2D eigenvalue weighted by atomic mass is 9.98. The molecule has 1 N–H and O–H groups in total. The molecular formula is C21H23N3O2. The van der Waals surface area contributed by atoms with Crippen LogP contribution >= 0.6 is 0 Å². The highest BCUT2D eigenvalue weighted by Crippen LogP contribution is 2.33. The van der Waals surface area contributed by atoms with Gasteiger partial charge in [-0.3, -0.25) is 14.5 Å². The number of carbonyl (C=O) groups excluding carboxylic acids is 2. The minimum absolute atomic E-state index is 0.0410. The van der Waals surface area contributed by atoms with Crippen LogP contribution in [0.1, 0.15) is 24.5 Å². The SMILES string of the molecule is Cc1ccc2c(c1)CCCN2[C@H](C)C(=O)N1CC(=O)Nc2ccccc21. The molecule has 2 aliphatic rings. The number of anilines is 3. The Morgan fingerprint density at radius 1 is 1.15 bits per heavy atom. The Bertz CT molecular complexity index is 877. The summed E-state index contributed by atoms with van der Waals surface area (Å²) in [6, 6.07) is 13.6. The lowest BCUT2D eigenvalue weighted by Gasteiger charge is -2.39. The molecule has 0 radical (unpaired) electrons. The average Bonchev–Trinajstić information content (AvgIpc) is 2.65. The second-order valence-electron chi connectivity index (χ2n) is 7.09. The van der Waals surface area contributed by atoms with Crippen LogP contribution in [-0.2, 0) is 16.0 Å². The van der Waals surface area contributed by atoms with Crippen molar-refractivity contribution in [3.05, 3.63) is 53.6 Å². The zero-order valence-corrected chi connectivity index (χ0v) is 15.2. The topological polar surface area (TPSA) is 52.7 Å². The first-order chi connectivity index (χ1) is 12.5. The third-order valence-electron chi connectivity index (χ3n) is 5.25. The van der Waals surface area contributed by atoms with Gasteiger partial charge in [-0.1, -0.05) is 29.8 Å². The summed E-state index contributed by atoms with van der Waals surface area (Å²) in [5, 5.41) is 2.84. The first-order valence-electron chi connectivity index (χ1n) is 9.11. The second kappa shape index (κ2) is 6.48. The molecular weight excluding hydrogens is 326 g/mol. The molecule has 5 nitrogen and oxygen atoms in total. The van der Waals surface area contributed by atoms with Crippen LogP contribution < -0.4 is 15.1 Å². The van der Waals surface area contributed by atoms with Gasteiger partial charge >= 0.3 is 0 Å². The minimum atomic E-state index is -0.323. The molecule has 4 rings (SSSR count). The van der Waals surface area contributed by atoms with E-state index < -0.39 is 0 Å². The number of nitrogens with zero attached hydrogens (tertiary/aromatic N) is 2. The Hall–Kier alpha value is -2.82. The van der Waals surface area contributed by atoms with Gasteiger partial charge < -0.3 is 10.2 Å². The van der Waals surface area contributed by atoms with E-state index in [0.717, 1.165) is 30.8 Å². The Labute approximate surface area is 153 Å². The quantitative estimate of drug-likeness (QED) is 0.906. The van der Waals surface area contributed by atoms with Crippen LogP contribution in [0.2, 0.25) is 0 Å². The first-order valence-corrected chi connectivity index (χ1v) is 9.11. The van der Waals surface area contributed by atoms with Crippen LogP contribution in [0.15, 0.2) is 42.5 Å². The van der Waals surface area contributed by atoms with Crippen LogP contribution in [0.4, 0.5) is 17.1 Å². The van der Waals surface area contributed by atoms with Gasteiger partial charge in [-0.2, -0.15) is 0 Å². The summed E-state index contributed by atoms with van der Waals surface area (Å²) in [6.45, 7) is 4.95. The monoisotopic (exact) mass is 349 g/mol. The molecule has 5 heteroatoms. The van der Waals surface area contributed by atoms with E-state index in [2.05, 4.69) is 35.3 Å². The number of fused-ring (bicyclic) bond motifs is 2. The van der Waals surface area contributed by atoms with E-state index in [-0.39, 0.29) is 24.4 Å². The summed E-state index contributed by atoms with van der Waals surface area (Å²) in [5.74, 6) is -0.195. The number of carbonyl (C=O) groups is 2. The van der Waals surface area contributed by atoms with Crippen LogP contribution in [0, 0.1) is 6.92 Å². The molecule has 0 aliphatic carbocycles. The molecule has 0 bridgehead atoms. The minimum Gasteiger partial charge on any atom is -0.360 e. The van der Waals surface area contributed by atoms with Crippen molar-refractivity contribution in [3.8, 4) is 0 Å². The predicted molar refractivity (Wildman–Crippen MR) is 104 cm³/mol. The Kier molecular flexibility index (Phi) is 4.15. The predicted octanol–water partition coefficient (Wildman–Crippen LogP) is 3.12. The van der Waals surface area contributed by atoms with E-state index in [1.165, 1.54) is 11.1 Å². The van der Waals surface area contributed by atoms with E-state index in [0.29, 0.717) is 5.69 Å². The third kappa shape index (κ3) is 2.83. The molecule has 2 aromatic carbocycles. The molecule has 0 aromatic heterocycles. The lowest BCUT2D eigenvalue weighted by Crippen LogP contribution is -2.52. The molecule has 134 valence electrons. The van der Waals surface area contributed by atoms with Crippen LogP contribution in [0.25, 0.3) is 0 Å². The van der Waals surface area contributed by atoms with E-state index in [4.69, 9.17) is 0 Å². The molecule has 1 atom stereocenters. The molecule has 2 aliphatic heterocycles. The third-order valence-corrected chi connectivity index (χ3v) is 5.25. The van der Waals surface area contributed by atoms with Crippen molar-refractivity contribution in [2.75, 3.05) is 28.2 Å². The normalized spacial score (nSPS) is 17.2. The Balaban J connectivity index is 1.65. The van der Waals surface area contributed by atoms with Gasteiger partial charge in [-0.25, -0.2) is 0 Å². The molecule has 0 unspecified atom stereocenters.